The molecule has 1 atom stereocenters. The minimum absolute atomic E-state index is 0.331. The van der Waals surface area contributed by atoms with E-state index in [0.717, 1.165) is 24.3 Å². The van der Waals surface area contributed by atoms with Crippen molar-refractivity contribution in [2.24, 2.45) is 0 Å². The third-order valence-electron chi connectivity index (χ3n) is 3.20. The third kappa shape index (κ3) is 1.73. The van der Waals surface area contributed by atoms with Crippen molar-refractivity contribution in [3.63, 3.8) is 0 Å². The van der Waals surface area contributed by atoms with E-state index in [1.54, 1.807) is 0 Å². The molecule has 86 valence electrons. The summed E-state index contributed by atoms with van der Waals surface area (Å²) < 4.78 is 7.61. The van der Waals surface area contributed by atoms with Gasteiger partial charge in [-0.15, -0.1) is 0 Å². The van der Waals surface area contributed by atoms with Crippen LogP contribution in [-0.4, -0.2) is 17.5 Å². The topological polar surface area (TPSA) is 31.2 Å². The van der Waals surface area contributed by atoms with E-state index in [2.05, 4.69) is 6.07 Å². The summed E-state index contributed by atoms with van der Waals surface area (Å²) in [6.45, 7) is 1.48. The third-order valence-corrected chi connectivity index (χ3v) is 3.20. The Labute approximate surface area is 99.6 Å². The summed E-state index contributed by atoms with van der Waals surface area (Å²) in [7, 11) is 0. The molecule has 2 aromatic rings. The van der Waals surface area contributed by atoms with Crippen molar-refractivity contribution in [2.45, 2.75) is 12.5 Å². The first-order chi connectivity index (χ1) is 8.38. The van der Waals surface area contributed by atoms with Gasteiger partial charge in [0.2, 0.25) is 0 Å². The molecular weight excluding hydrogens is 214 g/mol. The van der Waals surface area contributed by atoms with Crippen LogP contribution in [0.25, 0.3) is 0 Å². The van der Waals surface area contributed by atoms with Gasteiger partial charge in [0.15, 0.2) is 6.29 Å². The van der Waals surface area contributed by atoms with Gasteiger partial charge in [0.25, 0.3) is 0 Å². The van der Waals surface area contributed by atoms with E-state index in [-0.39, 0.29) is 0 Å². The van der Waals surface area contributed by atoms with Crippen molar-refractivity contribution in [3.05, 3.63) is 53.9 Å². The standard InChI is InChI=1S/C14H13NO2/c16-9-12-4-3-7-15(12)8-11-10-17-14-6-2-1-5-13(11)14/h1-7,9,11H,8,10H2. The molecule has 1 unspecified atom stereocenters. The Kier molecular flexibility index (Phi) is 2.44. The molecule has 0 bridgehead atoms. The highest BCUT2D eigenvalue weighted by Crippen LogP contribution is 2.34. The molecule has 0 amide bonds. The number of hydrogen-bond donors (Lipinski definition) is 0. The molecule has 0 N–H and O–H groups in total. The Morgan fingerprint density at radius 2 is 2.18 bits per heavy atom. The van der Waals surface area contributed by atoms with E-state index < -0.39 is 0 Å². The zero-order valence-corrected chi connectivity index (χ0v) is 9.37. The van der Waals surface area contributed by atoms with E-state index in [1.165, 1.54) is 5.56 Å². The fourth-order valence-corrected chi connectivity index (χ4v) is 2.32. The lowest BCUT2D eigenvalue weighted by molar-refractivity contribution is 0.111. The zero-order chi connectivity index (χ0) is 11.7. The molecular formula is C14H13NO2. The number of aldehydes is 1. The highest BCUT2D eigenvalue weighted by atomic mass is 16.5. The summed E-state index contributed by atoms with van der Waals surface area (Å²) in [5, 5.41) is 0. The van der Waals surface area contributed by atoms with Crippen LogP contribution in [0.4, 0.5) is 0 Å². The van der Waals surface area contributed by atoms with Gasteiger partial charge in [0.1, 0.15) is 5.75 Å². The second kappa shape index (κ2) is 4.09. The lowest BCUT2D eigenvalue weighted by atomic mass is 10.0. The predicted octanol–water partition coefficient (Wildman–Crippen LogP) is 2.48. The number of rotatable bonds is 3. The van der Waals surface area contributed by atoms with Crippen molar-refractivity contribution in [1.82, 2.24) is 4.57 Å². The van der Waals surface area contributed by atoms with Crippen molar-refractivity contribution < 1.29 is 9.53 Å². The first-order valence-electron chi connectivity index (χ1n) is 5.70. The number of hydrogen-bond acceptors (Lipinski definition) is 2. The summed E-state index contributed by atoms with van der Waals surface area (Å²) >= 11 is 0. The van der Waals surface area contributed by atoms with E-state index in [9.17, 15) is 4.79 Å². The SMILES string of the molecule is O=Cc1cccn1CC1COc2ccccc21. The fraction of sp³-hybridized carbons (Fsp3) is 0.214. The minimum atomic E-state index is 0.331. The minimum Gasteiger partial charge on any atom is -0.493 e. The summed E-state index contributed by atoms with van der Waals surface area (Å²) in [5.41, 5.74) is 1.95. The Hall–Kier alpha value is -2.03. The van der Waals surface area contributed by atoms with Crippen LogP contribution in [0, 0.1) is 0 Å². The molecule has 2 heterocycles. The number of aromatic nitrogens is 1. The maximum atomic E-state index is 10.9. The number of nitrogens with zero attached hydrogens (tertiary/aromatic N) is 1. The highest BCUT2D eigenvalue weighted by molar-refractivity contribution is 5.72. The monoisotopic (exact) mass is 227 g/mol. The molecule has 0 aliphatic carbocycles. The fourth-order valence-electron chi connectivity index (χ4n) is 2.32. The van der Waals surface area contributed by atoms with Crippen molar-refractivity contribution in [2.75, 3.05) is 6.61 Å². The Morgan fingerprint density at radius 1 is 1.29 bits per heavy atom. The molecule has 1 aromatic carbocycles. The zero-order valence-electron chi connectivity index (χ0n) is 9.37. The molecule has 3 heteroatoms. The molecule has 17 heavy (non-hydrogen) atoms. The maximum absolute atomic E-state index is 10.9. The van der Waals surface area contributed by atoms with Crippen LogP contribution in [0.5, 0.6) is 5.75 Å². The van der Waals surface area contributed by atoms with Gasteiger partial charge in [0.05, 0.1) is 12.3 Å². The molecule has 1 aromatic heterocycles. The summed E-state index contributed by atoms with van der Waals surface area (Å²) in [4.78, 5) is 10.9. The molecule has 0 radical (unpaired) electrons. The largest absolute Gasteiger partial charge is 0.493 e. The van der Waals surface area contributed by atoms with Gasteiger partial charge in [-0.25, -0.2) is 0 Å². The normalized spacial score (nSPS) is 17.5. The maximum Gasteiger partial charge on any atom is 0.166 e. The lowest BCUT2D eigenvalue weighted by Crippen LogP contribution is -2.11. The van der Waals surface area contributed by atoms with Gasteiger partial charge in [-0.05, 0) is 18.2 Å². The van der Waals surface area contributed by atoms with E-state index >= 15 is 0 Å². The van der Waals surface area contributed by atoms with Gasteiger partial charge in [-0.2, -0.15) is 0 Å². The van der Waals surface area contributed by atoms with Gasteiger partial charge in [0, 0.05) is 24.2 Å². The molecule has 0 fully saturated rings. The van der Waals surface area contributed by atoms with Crippen LogP contribution >= 0.6 is 0 Å². The smallest absolute Gasteiger partial charge is 0.166 e. The predicted molar refractivity (Wildman–Crippen MR) is 64.5 cm³/mol. The van der Waals surface area contributed by atoms with Crippen LogP contribution in [0.1, 0.15) is 22.0 Å². The van der Waals surface area contributed by atoms with Crippen LogP contribution < -0.4 is 4.74 Å². The van der Waals surface area contributed by atoms with Crippen LogP contribution in [0.3, 0.4) is 0 Å². The number of benzene rings is 1. The highest BCUT2D eigenvalue weighted by Gasteiger charge is 2.24. The Morgan fingerprint density at radius 3 is 3.06 bits per heavy atom. The van der Waals surface area contributed by atoms with Crippen molar-refractivity contribution in [1.29, 1.82) is 0 Å². The average molecular weight is 227 g/mol. The average Bonchev–Trinajstić information content (AvgIpc) is 2.97. The van der Waals surface area contributed by atoms with Crippen molar-refractivity contribution in [3.8, 4) is 5.75 Å². The molecule has 3 nitrogen and oxygen atoms in total. The molecule has 1 aliphatic heterocycles. The molecule has 0 spiro atoms. The van der Waals surface area contributed by atoms with Gasteiger partial charge in [-0.1, -0.05) is 18.2 Å². The Balaban J connectivity index is 1.86. The van der Waals surface area contributed by atoms with Crippen LogP contribution in [0.2, 0.25) is 0 Å². The number of fused-ring (bicyclic) bond motifs is 1. The van der Waals surface area contributed by atoms with Crippen molar-refractivity contribution >= 4 is 6.29 Å². The summed E-state index contributed by atoms with van der Waals surface area (Å²) in [6.07, 6.45) is 2.83. The lowest BCUT2D eigenvalue weighted by Gasteiger charge is -2.11. The number of para-hydroxylation sites is 1. The Bertz CT molecular complexity index is 545. The van der Waals surface area contributed by atoms with Crippen LogP contribution in [0.15, 0.2) is 42.6 Å². The molecule has 0 saturated carbocycles. The second-order valence-corrected chi connectivity index (χ2v) is 4.25. The summed E-state index contributed by atoms with van der Waals surface area (Å²) in [6, 6.07) is 11.8. The number of carbonyl (C=O) groups is 1. The first-order valence-corrected chi connectivity index (χ1v) is 5.70. The quantitative estimate of drug-likeness (QED) is 0.754. The second-order valence-electron chi connectivity index (χ2n) is 4.25. The van der Waals surface area contributed by atoms with Gasteiger partial charge in [-0.3, -0.25) is 4.79 Å². The van der Waals surface area contributed by atoms with Crippen LogP contribution in [-0.2, 0) is 6.54 Å². The van der Waals surface area contributed by atoms with Gasteiger partial charge >= 0.3 is 0 Å². The number of ether oxygens (including phenoxy) is 1. The summed E-state index contributed by atoms with van der Waals surface area (Å²) in [5.74, 6) is 1.30. The van der Waals surface area contributed by atoms with Gasteiger partial charge < -0.3 is 9.30 Å². The first kappa shape index (κ1) is 10.1. The molecule has 0 saturated heterocycles. The molecule has 1 aliphatic rings. The van der Waals surface area contributed by atoms with E-state index in [0.29, 0.717) is 12.5 Å². The van der Waals surface area contributed by atoms with E-state index in [1.807, 2.05) is 41.1 Å². The van der Waals surface area contributed by atoms with E-state index in [4.69, 9.17) is 4.74 Å². The molecule has 3 rings (SSSR count). The number of carbonyl (C=O) groups excluding carboxylic acids is 1.